The molecule has 2 aromatic rings. The molecule has 0 atom stereocenters. The van der Waals surface area contributed by atoms with Crippen LogP contribution in [0.3, 0.4) is 0 Å². The Hall–Kier alpha value is -2.64. The predicted octanol–water partition coefficient (Wildman–Crippen LogP) is 3.30. The van der Waals surface area contributed by atoms with Gasteiger partial charge in [0, 0.05) is 16.9 Å². The lowest BCUT2D eigenvalue weighted by molar-refractivity contribution is -0.138. The minimum Gasteiger partial charge on any atom is -0.463 e. The van der Waals surface area contributed by atoms with Crippen molar-refractivity contribution < 1.29 is 17.9 Å². The average Bonchev–Trinajstić information content (AvgIpc) is 2.64. The van der Waals surface area contributed by atoms with Gasteiger partial charge in [-0.25, -0.2) is 17.9 Å². The number of benzene rings is 2. The van der Waals surface area contributed by atoms with Crippen molar-refractivity contribution in [3.8, 4) is 0 Å². The fourth-order valence-electron chi connectivity index (χ4n) is 2.22. The molecule has 0 aromatic heterocycles. The number of ether oxygens (including phenoxy) is 1. The van der Waals surface area contributed by atoms with Crippen LogP contribution in [-0.4, -0.2) is 28.0 Å². The summed E-state index contributed by atoms with van der Waals surface area (Å²) in [5.74, 6) is -0.327. The van der Waals surface area contributed by atoms with E-state index in [1.807, 2.05) is 24.3 Å². The van der Waals surface area contributed by atoms with Crippen LogP contribution in [0.1, 0.15) is 19.4 Å². The Morgan fingerprint density at radius 3 is 2.08 bits per heavy atom. The van der Waals surface area contributed by atoms with Gasteiger partial charge in [0.2, 0.25) is 10.0 Å². The minimum atomic E-state index is -3.44. The molecular weight excluding hydrogens is 352 g/mol. The van der Waals surface area contributed by atoms with Crippen molar-refractivity contribution in [2.24, 2.45) is 0 Å². The molecule has 7 heteroatoms. The first kappa shape index (κ1) is 19.7. The minimum absolute atomic E-state index is 0.209. The fraction of sp³-hybridized carbons (Fsp3) is 0.211. The van der Waals surface area contributed by atoms with Gasteiger partial charge in [0.1, 0.15) is 0 Å². The largest absolute Gasteiger partial charge is 0.463 e. The van der Waals surface area contributed by atoms with E-state index in [1.165, 1.54) is 19.2 Å². The second-order valence-corrected chi connectivity index (χ2v) is 7.41. The molecule has 0 aliphatic heterocycles. The molecule has 0 aliphatic carbocycles. The normalized spacial score (nSPS) is 11.9. The summed E-state index contributed by atoms with van der Waals surface area (Å²) in [6, 6.07) is 14.0. The summed E-state index contributed by atoms with van der Waals surface area (Å²) in [6.07, 6.45) is 1.76. The molecule has 2 N–H and O–H groups in total. The van der Waals surface area contributed by atoms with Gasteiger partial charge in [-0.1, -0.05) is 12.1 Å². The van der Waals surface area contributed by atoms with Gasteiger partial charge in [0.15, 0.2) is 0 Å². The Bertz CT molecular complexity index is 886. The summed E-state index contributed by atoms with van der Waals surface area (Å²) in [6.45, 7) is 3.83. The third kappa shape index (κ3) is 5.18. The lowest BCUT2D eigenvalue weighted by Gasteiger charge is -2.08. The van der Waals surface area contributed by atoms with Crippen LogP contribution in [0, 0.1) is 0 Å². The van der Waals surface area contributed by atoms with Crippen LogP contribution in [0.25, 0.3) is 6.08 Å². The van der Waals surface area contributed by atoms with E-state index in [0.717, 1.165) is 16.9 Å². The van der Waals surface area contributed by atoms with E-state index < -0.39 is 10.0 Å². The van der Waals surface area contributed by atoms with E-state index in [-0.39, 0.29) is 10.9 Å². The molecule has 0 saturated heterocycles. The maximum atomic E-state index is 11.7. The molecule has 0 heterocycles. The molecule has 2 aromatic carbocycles. The maximum absolute atomic E-state index is 11.7. The van der Waals surface area contributed by atoms with E-state index in [0.29, 0.717) is 12.2 Å². The molecule has 138 valence electrons. The first-order valence-corrected chi connectivity index (χ1v) is 9.60. The third-order valence-corrected chi connectivity index (χ3v) is 5.04. The molecule has 0 fully saturated rings. The number of carbonyl (C=O) groups excluding carboxylic acids is 1. The van der Waals surface area contributed by atoms with Crippen LogP contribution in [0.4, 0.5) is 11.4 Å². The highest BCUT2D eigenvalue weighted by atomic mass is 32.2. The number of anilines is 2. The molecule has 0 amide bonds. The SMILES string of the molecule is CCOC(=O)/C(C)=C/c1ccc(Nc2ccc(S(=O)(=O)NC)cc2)cc1. The second-order valence-electron chi connectivity index (χ2n) is 5.53. The smallest absolute Gasteiger partial charge is 0.333 e. The molecule has 0 radical (unpaired) electrons. The summed E-state index contributed by atoms with van der Waals surface area (Å²) < 4.78 is 30.7. The van der Waals surface area contributed by atoms with Crippen molar-refractivity contribution in [1.29, 1.82) is 0 Å². The second kappa shape index (κ2) is 8.64. The Kier molecular flexibility index (Phi) is 6.54. The predicted molar refractivity (Wildman–Crippen MR) is 103 cm³/mol. The fourth-order valence-corrected chi connectivity index (χ4v) is 2.95. The van der Waals surface area contributed by atoms with Crippen molar-refractivity contribution in [3.63, 3.8) is 0 Å². The molecule has 0 spiro atoms. The lowest BCUT2D eigenvalue weighted by atomic mass is 10.1. The van der Waals surface area contributed by atoms with E-state index in [4.69, 9.17) is 4.74 Å². The quantitative estimate of drug-likeness (QED) is 0.574. The molecule has 0 bridgehead atoms. The van der Waals surface area contributed by atoms with Crippen molar-refractivity contribution >= 4 is 33.4 Å². The Balaban J connectivity index is 2.08. The van der Waals surface area contributed by atoms with E-state index >= 15 is 0 Å². The number of esters is 1. The summed E-state index contributed by atoms with van der Waals surface area (Å²) in [7, 11) is -2.06. The van der Waals surface area contributed by atoms with Crippen molar-refractivity contribution in [1.82, 2.24) is 4.72 Å². The summed E-state index contributed by atoms with van der Waals surface area (Å²) in [4.78, 5) is 11.8. The van der Waals surface area contributed by atoms with Crippen molar-refractivity contribution in [2.45, 2.75) is 18.7 Å². The summed E-state index contributed by atoms with van der Waals surface area (Å²) >= 11 is 0. The third-order valence-electron chi connectivity index (χ3n) is 3.61. The van der Waals surface area contributed by atoms with E-state index in [2.05, 4.69) is 10.0 Å². The van der Waals surface area contributed by atoms with E-state index in [9.17, 15) is 13.2 Å². The monoisotopic (exact) mass is 374 g/mol. The van der Waals surface area contributed by atoms with Crippen LogP contribution in [0.5, 0.6) is 0 Å². The van der Waals surface area contributed by atoms with Crippen LogP contribution in [0.15, 0.2) is 59.0 Å². The molecule has 6 nitrogen and oxygen atoms in total. The molecule has 0 saturated carbocycles. The number of carbonyl (C=O) groups is 1. The Morgan fingerprint density at radius 2 is 1.58 bits per heavy atom. The van der Waals surface area contributed by atoms with Crippen molar-refractivity contribution in [2.75, 3.05) is 19.0 Å². The van der Waals surface area contributed by atoms with Gasteiger partial charge in [0.05, 0.1) is 11.5 Å². The van der Waals surface area contributed by atoms with Gasteiger partial charge in [0.25, 0.3) is 0 Å². The number of sulfonamides is 1. The first-order chi connectivity index (χ1) is 12.4. The zero-order chi connectivity index (χ0) is 19.2. The average molecular weight is 374 g/mol. The molecule has 0 unspecified atom stereocenters. The lowest BCUT2D eigenvalue weighted by Crippen LogP contribution is -2.18. The van der Waals surface area contributed by atoms with Gasteiger partial charge < -0.3 is 10.1 Å². The highest BCUT2D eigenvalue weighted by molar-refractivity contribution is 7.89. The highest BCUT2D eigenvalue weighted by Gasteiger charge is 2.10. The van der Waals surface area contributed by atoms with Crippen LogP contribution < -0.4 is 10.0 Å². The van der Waals surface area contributed by atoms with Gasteiger partial charge in [-0.3, -0.25) is 0 Å². The van der Waals surface area contributed by atoms with Gasteiger partial charge in [-0.2, -0.15) is 0 Å². The zero-order valence-electron chi connectivity index (χ0n) is 14.9. The molecule has 26 heavy (non-hydrogen) atoms. The van der Waals surface area contributed by atoms with Crippen molar-refractivity contribution in [3.05, 3.63) is 59.7 Å². The zero-order valence-corrected chi connectivity index (χ0v) is 15.8. The van der Waals surface area contributed by atoms with Crippen LogP contribution in [-0.2, 0) is 19.6 Å². The summed E-state index contributed by atoms with van der Waals surface area (Å²) in [5.41, 5.74) is 3.04. The standard InChI is InChI=1S/C19H22N2O4S/c1-4-25-19(22)14(2)13-15-5-7-16(8-6-15)21-17-9-11-18(12-10-17)26(23,24)20-3/h5-13,20-21H,4H2,1-3H3/b14-13+. The molecule has 2 rings (SSSR count). The number of rotatable bonds is 7. The number of hydrogen-bond acceptors (Lipinski definition) is 5. The van der Waals surface area contributed by atoms with E-state index in [1.54, 1.807) is 32.1 Å². The number of nitrogens with one attached hydrogen (secondary N) is 2. The van der Waals surface area contributed by atoms with Gasteiger partial charge >= 0.3 is 5.97 Å². The first-order valence-electron chi connectivity index (χ1n) is 8.12. The van der Waals surface area contributed by atoms with Gasteiger partial charge in [-0.05, 0) is 68.9 Å². The topological polar surface area (TPSA) is 84.5 Å². The van der Waals surface area contributed by atoms with Crippen LogP contribution >= 0.6 is 0 Å². The maximum Gasteiger partial charge on any atom is 0.333 e. The highest BCUT2D eigenvalue weighted by Crippen LogP contribution is 2.20. The molecule has 0 aliphatic rings. The summed E-state index contributed by atoms with van der Waals surface area (Å²) in [5, 5.41) is 3.20. The Labute approximate surface area is 153 Å². The number of hydrogen-bond donors (Lipinski definition) is 2. The Morgan fingerprint density at radius 1 is 1.04 bits per heavy atom. The van der Waals surface area contributed by atoms with Crippen LogP contribution in [0.2, 0.25) is 0 Å². The molecular formula is C19H22N2O4S. The van der Waals surface area contributed by atoms with Gasteiger partial charge in [-0.15, -0.1) is 0 Å².